The molecule has 0 aromatic carbocycles. The number of hydrogen-bond donors (Lipinski definition) is 2. The molecular formula is C23H29ClN4. The van der Waals surface area contributed by atoms with Gasteiger partial charge < -0.3 is 11.1 Å². The Hall–Kier alpha value is -2.43. The van der Waals surface area contributed by atoms with E-state index in [0.29, 0.717) is 11.4 Å². The number of rotatable bonds is 5. The molecule has 148 valence electrons. The lowest BCUT2D eigenvalue weighted by atomic mass is 9.92. The van der Waals surface area contributed by atoms with Crippen molar-refractivity contribution in [3.8, 4) is 0 Å². The van der Waals surface area contributed by atoms with E-state index in [0.717, 1.165) is 33.9 Å². The fraction of sp³-hybridized carbons (Fsp3) is 0.304. The molecule has 0 amide bonds. The van der Waals surface area contributed by atoms with Crippen molar-refractivity contribution < 1.29 is 0 Å². The van der Waals surface area contributed by atoms with Crippen LogP contribution in [-0.2, 0) is 0 Å². The van der Waals surface area contributed by atoms with Gasteiger partial charge in [-0.05, 0) is 54.3 Å². The molecule has 2 heterocycles. The monoisotopic (exact) mass is 396 g/mol. The molecule has 1 unspecified atom stereocenters. The molecule has 0 bridgehead atoms. The van der Waals surface area contributed by atoms with Crippen molar-refractivity contribution >= 4 is 23.0 Å². The van der Waals surface area contributed by atoms with Crippen molar-refractivity contribution in [1.29, 1.82) is 0 Å². The van der Waals surface area contributed by atoms with E-state index in [9.17, 15) is 0 Å². The number of aryl methyl sites for hydroxylation is 1. The largest absolute Gasteiger partial charge is 0.340 e. The molecular weight excluding hydrogens is 368 g/mol. The van der Waals surface area contributed by atoms with Gasteiger partial charge in [-0.3, -0.25) is 4.98 Å². The Morgan fingerprint density at radius 3 is 2.54 bits per heavy atom. The lowest BCUT2D eigenvalue weighted by Crippen LogP contribution is -2.22. The number of unbranched alkanes of at least 4 members (excludes halogenated alkanes) is 1. The number of pyridine rings is 2. The van der Waals surface area contributed by atoms with Gasteiger partial charge in [-0.1, -0.05) is 57.0 Å². The minimum atomic E-state index is -0.110. The van der Waals surface area contributed by atoms with Crippen LogP contribution in [-0.4, -0.2) is 16.0 Å². The lowest BCUT2D eigenvalue weighted by Gasteiger charge is -2.21. The smallest absolute Gasteiger partial charge is 0.133 e. The van der Waals surface area contributed by atoms with Crippen LogP contribution >= 0.6 is 11.6 Å². The molecule has 0 radical (unpaired) electrons. The van der Waals surface area contributed by atoms with Crippen LogP contribution in [0.3, 0.4) is 0 Å². The molecule has 1 atom stereocenters. The Bertz CT molecular complexity index is 868. The number of aromatic nitrogens is 2. The summed E-state index contributed by atoms with van der Waals surface area (Å²) in [6, 6.07) is 7.43. The number of nitrogens with one attached hydrogen (secondary N) is 1. The first kappa shape index (κ1) is 21.9. The topological polar surface area (TPSA) is 63.8 Å². The van der Waals surface area contributed by atoms with Crippen LogP contribution in [0.1, 0.15) is 44.4 Å². The first-order valence-electron chi connectivity index (χ1n) is 9.63. The summed E-state index contributed by atoms with van der Waals surface area (Å²) in [4.78, 5) is 8.71. The summed E-state index contributed by atoms with van der Waals surface area (Å²) in [7, 11) is 0. The molecule has 2 aromatic heterocycles. The second-order valence-electron chi connectivity index (χ2n) is 6.77. The van der Waals surface area contributed by atoms with Crippen molar-refractivity contribution in [3.05, 3.63) is 82.9 Å². The predicted molar refractivity (Wildman–Crippen MR) is 120 cm³/mol. The number of halogens is 1. The second kappa shape index (κ2) is 10.8. The molecule has 3 rings (SSSR count). The second-order valence-corrected chi connectivity index (χ2v) is 7.17. The molecule has 2 aromatic rings. The maximum absolute atomic E-state index is 6.26. The van der Waals surface area contributed by atoms with Crippen LogP contribution in [0.4, 0.5) is 5.82 Å². The van der Waals surface area contributed by atoms with Crippen LogP contribution in [0.25, 0.3) is 5.57 Å². The van der Waals surface area contributed by atoms with Crippen molar-refractivity contribution in [3.63, 3.8) is 0 Å². The van der Waals surface area contributed by atoms with Gasteiger partial charge in [-0.2, -0.15) is 0 Å². The Kier molecular flexibility index (Phi) is 8.42. The third-order valence-corrected chi connectivity index (χ3v) is 4.68. The van der Waals surface area contributed by atoms with Crippen molar-refractivity contribution in [2.45, 2.75) is 46.1 Å². The van der Waals surface area contributed by atoms with Crippen LogP contribution in [0.2, 0.25) is 5.02 Å². The number of anilines is 1. The molecule has 0 aliphatic heterocycles. The third-order valence-electron chi connectivity index (χ3n) is 4.38. The third kappa shape index (κ3) is 6.04. The van der Waals surface area contributed by atoms with Gasteiger partial charge in [0.25, 0.3) is 0 Å². The average Bonchev–Trinajstić information content (AvgIpc) is 2.69. The van der Waals surface area contributed by atoms with Crippen LogP contribution < -0.4 is 11.1 Å². The molecule has 0 saturated heterocycles. The van der Waals surface area contributed by atoms with E-state index in [1.165, 1.54) is 12.8 Å². The van der Waals surface area contributed by atoms with E-state index < -0.39 is 0 Å². The Labute approximate surface area is 173 Å². The first-order chi connectivity index (χ1) is 13.5. The molecule has 0 saturated carbocycles. The van der Waals surface area contributed by atoms with Gasteiger partial charge in [0, 0.05) is 24.1 Å². The number of nitrogens with zero attached hydrogens (tertiary/aromatic N) is 2. The van der Waals surface area contributed by atoms with Crippen molar-refractivity contribution in [2.75, 3.05) is 5.32 Å². The van der Waals surface area contributed by atoms with Gasteiger partial charge in [0.15, 0.2) is 0 Å². The molecule has 28 heavy (non-hydrogen) atoms. The molecule has 0 fully saturated rings. The van der Waals surface area contributed by atoms with Gasteiger partial charge >= 0.3 is 0 Å². The maximum Gasteiger partial charge on any atom is 0.133 e. The van der Waals surface area contributed by atoms with E-state index in [2.05, 4.69) is 35.7 Å². The van der Waals surface area contributed by atoms with E-state index in [1.54, 1.807) is 12.4 Å². The quantitative estimate of drug-likeness (QED) is 0.659. The zero-order valence-corrected chi connectivity index (χ0v) is 17.6. The summed E-state index contributed by atoms with van der Waals surface area (Å²) in [5.41, 5.74) is 10.7. The maximum atomic E-state index is 6.26. The minimum Gasteiger partial charge on any atom is -0.340 e. The van der Waals surface area contributed by atoms with Gasteiger partial charge in [0.1, 0.15) is 5.82 Å². The molecule has 4 nitrogen and oxygen atoms in total. The average molecular weight is 397 g/mol. The summed E-state index contributed by atoms with van der Waals surface area (Å²) in [5, 5.41) is 3.88. The fourth-order valence-electron chi connectivity index (χ4n) is 2.63. The van der Waals surface area contributed by atoms with Crippen molar-refractivity contribution in [1.82, 2.24) is 9.97 Å². The van der Waals surface area contributed by atoms with Gasteiger partial charge in [0.05, 0.1) is 10.7 Å². The summed E-state index contributed by atoms with van der Waals surface area (Å²) in [5.74, 6) is 0.795. The highest BCUT2D eigenvalue weighted by molar-refractivity contribution is 6.32. The van der Waals surface area contributed by atoms with Crippen molar-refractivity contribution in [2.24, 2.45) is 5.73 Å². The molecule has 1 aliphatic carbocycles. The summed E-state index contributed by atoms with van der Waals surface area (Å²) in [6.07, 6.45) is 10.8. The Morgan fingerprint density at radius 2 is 1.89 bits per heavy atom. The Balaban J connectivity index is 0.000000640. The summed E-state index contributed by atoms with van der Waals surface area (Å²) >= 11 is 6.26. The number of allylic oxidation sites excluding steroid dienone is 3. The van der Waals surface area contributed by atoms with E-state index in [-0.39, 0.29) is 6.04 Å². The molecule has 1 aliphatic rings. The minimum absolute atomic E-state index is 0.110. The van der Waals surface area contributed by atoms with E-state index in [4.69, 9.17) is 17.3 Å². The lowest BCUT2D eigenvalue weighted by molar-refractivity contribution is 0.798. The zero-order chi connectivity index (χ0) is 20.5. The standard InChI is InChI=1S/C19H19ClN4.C4H10/c1-12-5-3-8-23-19(12)24-13(2)14-9-15(11-16(21)10-14)18-17(20)6-4-7-22-18;1-3-4-2/h3-9,11,16H,2,10,21H2,1H3,(H,23,24);3-4H2,1-2H3. The Morgan fingerprint density at radius 1 is 1.21 bits per heavy atom. The normalized spacial score (nSPS) is 15.7. The predicted octanol–water partition coefficient (Wildman–Crippen LogP) is 5.91. The molecule has 5 heteroatoms. The number of nitrogens with two attached hydrogens (primary N) is 1. The highest BCUT2D eigenvalue weighted by atomic mass is 35.5. The van der Waals surface area contributed by atoms with Gasteiger partial charge in [0.2, 0.25) is 0 Å². The number of hydrogen-bond acceptors (Lipinski definition) is 4. The zero-order valence-electron chi connectivity index (χ0n) is 16.9. The SMILES string of the molecule is C=C(Nc1ncccc1C)C1=CC(c2ncccc2Cl)=CC(N)C1.CCCC. The van der Waals surface area contributed by atoms with E-state index in [1.807, 2.05) is 43.3 Å². The molecule has 0 spiro atoms. The first-order valence-corrected chi connectivity index (χ1v) is 10.0. The molecule has 3 N–H and O–H groups in total. The highest BCUT2D eigenvalue weighted by Crippen LogP contribution is 2.31. The van der Waals surface area contributed by atoms with Crippen LogP contribution in [0, 0.1) is 6.92 Å². The van der Waals surface area contributed by atoms with Crippen LogP contribution in [0.15, 0.2) is 66.7 Å². The summed E-state index contributed by atoms with van der Waals surface area (Å²) < 4.78 is 0. The van der Waals surface area contributed by atoms with Gasteiger partial charge in [-0.25, -0.2) is 4.98 Å². The van der Waals surface area contributed by atoms with E-state index >= 15 is 0 Å². The summed E-state index contributed by atoms with van der Waals surface area (Å²) in [6.45, 7) is 10.5. The van der Waals surface area contributed by atoms with Gasteiger partial charge in [-0.15, -0.1) is 0 Å². The highest BCUT2D eigenvalue weighted by Gasteiger charge is 2.18. The fourth-order valence-corrected chi connectivity index (χ4v) is 2.86. The van der Waals surface area contributed by atoms with Crippen LogP contribution in [0.5, 0.6) is 0 Å².